The van der Waals surface area contributed by atoms with Gasteiger partial charge in [-0.2, -0.15) is 0 Å². The van der Waals surface area contributed by atoms with Crippen molar-refractivity contribution in [2.75, 3.05) is 0 Å². The molecule has 18 heavy (non-hydrogen) atoms. The molecular weight excluding hydrogens is 224 g/mol. The number of nitrogens with two attached hydrogens (primary N) is 1. The summed E-state index contributed by atoms with van der Waals surface area (Å²) in [6.07, 6.45) is 11.2. The Morgan fingerprint density at radius 2 is 1.78 bits per heavy atom. The SMILES string of the molecule is NC1CCC(C(=O)NC2CC2C2CCCCC2)C1. The minimum Gasteiger partial charge on any atom is -0.353 e. The molecular formula is C15H26N2O. The highest BCUT2D eigenvalue weighted by Crippen LogP contribution is 2.44. The van der Waals surface area contributed by atoms with Crippen LogP contribution in [0.5, 0.6) is 0 Å². The lowest BCUT2D eigenvalue weighted by molar-refractivity contribution is -0.125. The molecule has 3 aliphatic rings. The third-order valence-corrected chi connectivity index (χ3v) is 5.27. The molecule has 3 fully saturated rings. The minimum atomic E-state index is 0.201. The van der Waals surface area contributed by atoms with Gasteiger partial charge < -0.3 is 11.1 Å². The van der Waals surface area contributed by atoms with Crippen molar-refractivity contribution in [3.8, 4) is 0 Å². The summed E-state index contributed by atoms with van der Waals surface area (Å²) >= 11 is 0. The van der Waals surface area contributed by atoms with Gasteiger partial charge in [0.1, 0.15) is 0 Å². The van der Waals surface area contributed by atoms with E-state index in [0.717, 1.165) is 31.1 Å². The van der Waals surface area contributed by atoms with Crippen molar-refractivity contribution in [2.24, 2.45) is 23.5 Å². The molecule has 3 saturated carbocycles. The number of amides is 1. The summed E-state index contributed by atoms with van der Waals surface area (Å²) in [5.74, 6) is 2.18. The van der Waals surface area contributed by atoms with E-state index in [0.29, 0.717) is 6.04 Å². The van der Waals surface area contributed by atoms with E-state index in [2.05, 4.69) is 5.32 Å². The van der Waals surface area contributed by atoms with Gasteiger partial charge in [-0.15, -0.1) is 0 Å². The number of rotatable bonds is 3. The fourth-order valence-corrected chi connectivity index (χ4v) is 4.02. The van der Waals surface area contributed by atoms with Gasteiger partial charge in [0.25, 0.3) is 0 Å². The fraction of sp³-hybridized carbons (Fsp3) is 0.933. The van der Waals surface area contributed by atoms with E-state index in [-0.39, 0.29) is 17.9 Å². The van der Waals surface area contributed by atoms with Crippen LogP contribution in [-0.2, 0) is 4.79 Å². The van der Waals surface area contributed by atoms with Crippen molar-refractivity contribution in [1.82, 2.24) is 5.32 Å². The van der Waals surface area contributed by atoms with Gasteiger partial charge in [0.15, 0.2) is 0 Å². The minimum absolute atomic E-state index is 0.201. The summed E-state index contributed by atoms with van der Waals surface area (Å²) in [6, 6.07) is 0.756. The molecule has 0 aromatic rings. The number of hydrogen-bond acceptors (Lipinski definition) is 2. The van der Waals surface area contributed by atoms with Crippen LogP contribution in [0.15, 0.2) is 0 Å². The summed E-state index contributed by atoms with van der Waals surface area (Å²) in [7, 11) is 0. The fourth-order valence-electron chi connectivity index (χ4n) is 4.02. The van der Waals surface area contributed by atoms with Crippen molar-refractivity contribution in [2.45, 2.75) is 69.9 Å². The molecule has 0 radical (unpaired) electrons. The van der Waals surface area contributed by atoms with Crippen LogP contribution in [0.1, 0.15) is 57.8 Å². The summed E-state index contributed by atoms with van der Waals surface area (Å²) in [4.78, 5) is 12.1. The van der Waals surface area contributed by atoms with E-state index in [1.165, 1.54) is 38.5 Å². The zero-order chi connectivity index (χ0) is 12.5. The molecule has 0 aromatic heterocycles. The first-order valence-corrected chi connectivity index (χ1v) is 7.80. The third-order valence-electron chi connectivity index (χ3n) is 5.27. The molecule has 3 nitrogen and oxygen atoms in total. The Morgan fingerprint density at radius 1 is 1.00 bits per heavy atom. The van der Waals surface area contributed by atoms with Crippen LogP contribution >= 0.6 is 0 Å². The van der Waals surface area contributed by atoms with Gasteiger partial charge in [0.2, 0.25) is 5.91 Å². The molecule has 4 unspecified atom stereocenters. The Hall–Kier alpha value is -0.570. The van der Waals surface area contributed by atoms with Gasteiger partial charge in [0.05, 0.1) is 0 Å². The van der Waals surface area contributed by atoms with Crippen LogP contribution in [0.4, 0.5) is 0 Å². The van der Waals surface area contributed by atoms with Crippen LogP contribution in [0.3, 0.4) is 0 Å². The second-order valence-electron chi connectivity index (χ2n) is 6.68. The standard InChI is InChI=1S/C15H26N2O/c16-12-7-6-11(8-12)15(18)17-14-9-13(14)10-4-2-1-3-5-10/h10-14H,1-9,16H2,(H,17,18). The molecule has 1 amide bonds. The maximum absolute atomic E-state index is 12.1. The van der Waals surface area contributed by atoms with E-state index in [4.69, 9.17) is 5.73 Å². The average Bonchev–Trinajstić information content (AvgIpc) is 3.01. The highest BCUT2D eigenvalue weighted by atomic mass is 16.2. The molecule has 3 rings (SSSR count). The number of carbonyl (C=O) groups is 1. The van der Waals surface area contributed by atoms with Crippen LogP contribution in [0.25, 0.3) is 0 Å². The van der Waals surface area contributed by atoms with Crippen LogP contribution in [-0.4, -0.2) is 18.0 Å². The van der Waals surface area contributed by atoms with Gasteiger partial charge in [-0.1, -0.05) is 32.1 Å². The molecule has 3 heteroatoms. The normalized spacial score (nSPS) is 40.7. The highest BCUT2D eigenvalue weighted by Gasteiger charge is 2.44. The topological polar surface area (TPSA) is 55.1 Å². The van der Waals surface area contributed by atoms with Gasteiger partial charge in [0, 0.05) is 18.0 Å². The van der Waals surface area contributed by atoms with E-state index in [9.17, 15) is 4.79 Å². The molecule has 0 aromatic carbocycles. The first kappa shape index (κ1) is 12.5. The second kappa shape index (κ2) is 5.20. The van der Waals surface area contributed by atoms with E-state index in [1.54, 1.807) is 0 Å². The number of hydrogen-bond donors (Lipinski definition) is 2. The predicted octanol–water partition coefficient (Wildman–Crippen LogP) is 2.20. The Kier molecular flexibility index (Phi) is 3.60. The summed E-state index contributed by atoms with van der Waals surface area (Å²) in [5, 5.41) is 3.27. The molecule has 102 valence electrons. The largest absolute Gasteiger partial charge is 0.353 e. The number of nitrogens with one attached hydrogen (secondary N) is 1. The summed E-state index contributed by atoms with van der Waals surface area (Å²) < 4.78 is 0. The second-order valence-corrected chi connectivity index (χ2v) is 6.68. The van der Waals surface area contributed by atoms with E-state index >= 15 is 0 Å². The van der Waals surface area contributed by atoms with E-state index < -0.39 is 0 Å². The van der Waals surface area contributed by atoms with E-state index in [1.807, 2.05) is 0 Å². The van der Waals surface area contributed by atoms with Crippen molar-refractivity contribution in [3.05, 3.63) is 0 Å². The van der Waals surface area contributed by atoms with Gasteiger partial charge in [-0.25, -0.2) is 0 Å². The molecule has 3 aliphatic carbocycles. The van der Waals surface area contributed by atoms with Crippen molar-refractivity contribution >= 4 is 5.91 Å². The monoisotopic (exact) mass is 250 g/mol. The summed E-state index contributed by atoms with van der Waals surface area (Å²) in [5.41, 5.74) is 5.87. The van der Waals surface area contributed by atoms with Gasteiger partial charge in [-0.05, 0) is 37.5 Å². The molecule has 0 saturated heterocycles. The van der Waals surface area contributed by atoms with Crippen molar-refractivity contribution in [3.63, 3.8) is 0 Å². The first-order chi connectivity index (χ1) is 8.74. The lowest BCUT2D eigenvalue weighted by Crippen LogP contribution is -2.33. The highest BCUT2D eigenvalue weighted by molar-refractivity contribution is 5.79. The summed E-state index contributed by atoms with van der Waals surface area (Å²) in [6.45, 7) is 0. The molecule has 0 spiro atoms. The molecule has 0 aliphatic heterocycles. The lowest BCUT2D eigenvalue weighted by Gasteiger charge is -2.22. The Bertz CT molecular complexity index is 312. The van der Waals surface area contributed by atoms with Crippen LogP contribution < -0.4 is 11.1 Å². The Morgan fingerprint density at radius 3 is 2.44 bits per heavy atom. The van der Waals surface area contributed by atoms with Crippen LogP contribution in [0.2, 0.25) is 0 Å². The average molecular weight is 250 g/mol. The Labute approximate surface area is 110 Å². The number of carbonyl (C=O) groups excluding carboxylic acids is 1. The Balaban J connectivity index is 1.43. The maximum Gasteiger partial charge on any atom is 0.223 e. The molecule has 0 bridgehead atoms. The predicted molar refractivity (Wildman–Crippen MR) is 71.9 cm³/mol. The quantitative estimate of drug-likeness (QED) is 0.807. The zero-order valence-electron chi connectivity index (χ0n) is 11.2. The zero-order valence-corrected chi connectivity index (χ0v) is 11.2. The maximum atomic E-state index is 12.1. The third kappa shape index (κ3) is 2.71. The van der Waals surface area contributed by atoms with Crippen LogP contribution in [0, 0.1) is 17.8 Å². The van der Waals surface area contributed by atoms with Crippen molar-refractivity contribution < 1.29 is 4.79 Å². The smallest absolute Gasteiger partial charge is 0.223 e. The molecule has 0 heterocycles. The van der Waals surface area contributed by atoms with Gasteiger partial charge in [-0.3, -0.25) is 4.79 Å². The van der Waals surface area contributed by atoms with Crippen molar-refractivity contribution in [1.29, 1.82) is 0 Å². The molecule has 3 N–H and O–H groups in total. The molecule has 4 atom stereocenters. The van der Waals surface area contributed by atoms with Gasteiger partial charge >= 0.3 is 0 Å². The lowest BCUT2D eigenvalue weighted by atomic mass is 9.85. The first-order valence-electron chi connectivity index (χ1n) is 7.80.